The van der Waals surface area contributed by atoms with Crippen molar-refractivity contribution in [3.8, 4) is 5.75 Å². The first-order valence-electron chi connectivity index (χ1n) is 9.55. The molecule has 1 aliphatic heterocycles. The second-order valence-corrected chi connectivity index (χ2v) is 8.88. The molecule has 3 rings (SSSR count). The molecule has 162 valence electrons. The van der Waals surface area contributed by atoms with Gasteiger partial charge < -0.3 is 20.1 Å². The molecule has 1 fully saturated rings. The maximum absolute atomic E-state index is 12.8. The van der Waals surface area contributed by atoms with Crippen LogP contribution < -0.4 is 15.4 Å². The van der Waals surface area contributed by atoms with Crippen molar-refractivity contribution >= 4 is 33.3 Å². The van der Waals surface area contributed by atoms with Crippen molar-refractivity contribution in [3.63, 3.8) is 0 Å². The van der Waals surface area contributed by atoms with Crippen LogP contribution in [0.5, 0.6) is 5.75 Å². The van der Waals surface area contributed by atoms with Gasteiger partial charge in [-0.1, -0.05) is 36.7 Å². The summed E-state index contributed by atoms with van der Waals surface area (Å²) in [4.78, 5) is 12.3. The van der Waals surface area contributed by atoms with Crippen molar-refractivity contribution in [2.45, 2.75) is 18.2 Å². The Morgan fingerprint density at radius 1 is 1.20 bits per heavy atom. The number of urea groups is 1. The number of ether oxygens (including phenoxy) is 2. The van der Waals surface area contributed by atoms with Crippen LogP contribution in [0.1, 0.15) is 12.5 Å². The number of amides is 2. The summed E-state index contributed by atoms with van der Waals surface area (Å²) in [5.74, 6) is 0.692. The number of morpholine rings is 1. The molecule has 0 bridgehead atoms. The number of carbonyl (C=O) groups excluding carboxylic acids is 1. The maximum Gasteiger partial charge on any atom is 0.321 e. The van der Waals surface area contributed by atoms with Gasteiger partial charge in [0.1, 0.15) is 5.75 Å². The predicted octanol–water partition coefficient (Wildman–Crippen LogP) is 3.08. The van der Waals surface area contributed by atoms with Crippen LogP contribution in [0.4, 0.5) is 10.5 Å². The van der Waals surface area contributed by atoms with E-state index < -0.39 is 16.1 Å². The highest BCUT2D eigenvalue weighted by molar-refractivity contribution is 7.89. The Morgan fingerprint density at radius 3 is 2.67 bits per heavy atom. The van der Waals surface area contributed by atoms with Gasteiger partial charge in [-0.15, -0.1) is 0 Å². The van der Waals surface area contributed by atoms with E-state index in [4.69, 9.17) is 21.1 Å². The Balaban J connectivity index is 1.63. The average Bonchev–Trinajstić information content (AvgIpc) is 2.76. The van der Waals surface area contributed by atoms with Gasteiger partial charge in [0.05, 0.1) is 28.8 Å². The molecular weight excluding hydrogens is 430 g/mol. The van der Waals surface area contributed by atoms with Crippen molar-refractivity contribution in [1.29, 1.82) is 0 Å². The Morgan fingerprint density at radius 2 is 1.93 bits per heavy atom. The molecule has 0 aliphatic carbocycles. The van der Waals surface area contributed by atoms with Crippen molar-refractivity contribution in [3.05, 3.63) is 53.1 Å². The Hall–Kier alpha value is -2.33. The normalized spacial score (nSPS) is 14.9. The average molecular weight is 454 g/mol. The maximum atomic E-state index is 12.8. The summed E-state index contributed by atoms with van der Waals surface area (Å²) >= 11 is 6.14. The molecule has 0 spiro atoms. The summed E-state index contributed by atoms with van der Waals surface area (Å²) in [5.41, 5.74) is 1.22. The van der Waals surface area contributed by atoms with Crippen LogP contribution in [-0.4, -0.2) is 51.8 Å². The minimum absolute atomic E-state index is 0.0494. The number of hydrogen-bond donors (Lipinski definition) is 2. The SMILES string of the molecule is CCc1ccccc1OCNC(=O)Nc1cc(S(=O)(=O)N2CCOCC2)ccc1Cl. The lowest BCUT2D eigenvalue weighted by atomic mass is 10.1. The number of nitrogens with zero attached hydrogens (tertiary/aromatic N) is 1. The van der Waals surface area contributed by atoms with Gasteiger partial charge in [0.2, 0.25) is 10.0 Å². The van der Waals surface area contributed by atoms with Crippen molar-refractivity contribution in [2.75, 3.05) is 38.4 Å². The van der Waals surface area contributed by atoms with E-state index in [9.17, 15) is 13.2 Å². The molecule has 1 heterocycles. The van der Waals surface area contributed by atoms with Gasteiger partial charge in [0, 0.05) is 13.1 Å². The van der Waals surface area contributed by atoms with E-state index in [-0.39, 0.29) is 35.4 Å². The fourth-order valence-electron chi connectivity index (χ4n) is 2.98. The fourth-order valence-corrected chi connectivity index (χ4v) is 4.58. The Labute approximate surface area is 181 Å². The first kappa shape index (κ1) is 22.4. The molecule has 30 heavy (non-hydrogen) atoms. The summed E-state index contributed by atoms with van der Waals surface area (Å²) in [5, 5.41) is 5.37. The summed E-state index contributed by atoms with van der Waals surface area (Å²) in [7, 11) is -3.70. The molecule has 0 saturated carbocycles. The predicted molar refractivity (Wildman–Crippen MR) is 114 cm³/mol. The molecule has 10 heteroatoms. The van der Waals surface area contributed by atoms with Crippen LogP contribution in [0, 0.1) is 0 Å². The van der Waals surface area contributed by atoms with Gasteiger partial charge in [0.25, 0.3) is 0 Å². The summed E-state index contributed by atoms with van der Waals surface area (Å²) < 4.78 is 37.8. The molecule has 1 saturated heterocycles. The molecule has 0 unspecified atom stereocenters. The highest BCUT2D eigenvalue weighted by Gasteiger charge is 2.27. The van der Waals surface area contributed by atoms with Gasteiger partial charge in [-0.25, -0.2) is 13.2 Å². The lowest BCUT2D eigenvalue weighted by Crippen LogP contribution is -2.40. The van der Waals surface area contributed by atoms with E-state index in [1.165, 1.54) is 22.5 Å². The zero-order valence-electron chi connectivity index (χ0n) is 16.6. The third-order valence-electron chi connectivity index (χ3n) is 4.61. The summed E-state index contributed by atoms with van der Waals surface area (Å²) in [6.45, 7) is 3.23. The fraction of sp³-hybridized carbons (Fsp3) is 0.350. The van der Waals surface area contributed by atoms with E-state index in [0.29, 0.717) is 19.0 Å². The first-order valence-corrected chi connectivity index (χ1v) is 11.4. The van der Waals surface area contributed by atoms with Gasteiger partial charge in [0.15, 0.2) is 6.73 Å². The molecule has 1 aliphatic rings. The molecular formula is C20H24ClN3O5S. The topological polar surface area (TPSA) is 97.0 Å². The van der Waals surface area contributed by atoms with Crippen LogP contribution in [0.2, 0.25) is 5.02 Å². The van der Waals surface area contributed by atoms with Gasteiger partial charge >= 0.3 is 6.03 Å². The standard InChI is InChI=1S/C20H24ClN3O5S/c1-2-15-5-3-4-6-19(15)29-14-22-20(25)23-18-13-16(7-8-17(18)21)30(26,27)24-9-11-28-12-10-24/h3-8,13H,2,9-12,14H2,1H3,(H2,22,23,25). The van der Waals surface area contributed by atoms with Gasteiger partial charge in [-0.2, -0.15) is 4.31 Å². The highest BCUT2D eigenvalue weighted by atomic mass is 35.5. The van der Waals surface area contributed by atoms with Crippen LogP contribution >= 0.6 is 11.6 Å². The minimum Gasteiger partial charge on any atom is -0.473 e. The lowest BCUT2D eigenvalue weighted by Gasteiger charge is -2.26. The number of rotatable bonds is 7. The lowest BCUT2D eigenvalue weighted by molar-refractivity contribution is 0.0730. The van der Waals surface area contributed by atoms with Crippen LogP contribution in [0.3, 0.4) is 0 Å². The van der Waals surface area contributed by atoms with Crippen LogP contribution in [0.25, 0.3) is 0 Å². The van der Waals surface area contributed by atoms with E-state index >= 15 is 0 Å². The second kappa shape index (κ2) is 10.1. The molecule has 2 N–H and O–H groups in total. The zero-order valence-corrected chi connectivity index (χ0v) is 18.1. The number of nitrogens with one attached hydrogen (secondary N) is 2. The van der Waals surface area contributed by atoms with E-state index in [2.05, 4.69) is 10.6 Å². The number of anilines is 1. The Kier molecular flexibility index (Phi) is 7.54. The molecule has 2 amide bonds. The monoisotopic (exact) mass is 453 g/mol. The number of hydrogen-bond acceptors (Lipinski definition) is 5. The first-order chi connectivity index (χ1) is 14.4. The molecule has 2 aromatic carbocycles. The van der Waals surface area contributed by atoms with E-state index in [1.54, 1.807) is 0 Å². The molecule has 0 radical (unpaired) electrons. The smallest absolute Gasteiger partial charge is 0.321 e. The molecule has 2 aromatic rings. The number of para-hydroxylation sites is 1. The van der Waals surface area contributed by atoms with E-state index in [1.807, 2.05) is 31.2 Å². The molecule has 0 aromatic heterocycles. The largest absolute Gasteiger partial charge is 0.473 e. The van der Waals surface area contributed by atoms with Crippen molar-refractivity contribution in [2.24, 2.45) is 0 Å². The molecule has 8 nitrogen and oxygen atoms in total. The quantitative estimate of drug-likeness (QED) is 0.628. The highest BCUT2D eigenvalue weighted by Crippen LogP contribution is 2.27. The number of halogens is 1. The number of carbonyl (C=O) groups is 1. The Bertz CT molecular complexity index is 994. The third-order valence-corrected chi connectivity index (χ3v) is 6.83. The number of benzene rings is 2. The minimum atomic E-state index is -3.70. The van der Waals surface area contributed by atoms with Crippen LogP contribution in [-0.2, 0) is 21.2 Å². The third kappa shape index (κ3) is 5.42. The van der Waals surface area contributed by atoms with E-state index in [0.717, 1.165) is 12.0 Å². The zero-order chi connectivity index (χ0) is 21.6. The van der Waals surface area contributed by atoms with Crippen molar-refractivity contribution in [1.82, 2.24) is 9.62 Å². The van der Waals surface area contributed by atoms with Crippen molar-refractivity contribution < 1.29 is 22.7 Å². The van der Waals surface area contributed by atoms with Gasteiger partial charge in [-0.3, -0.25) is 0 Å². The summed E-state index contributed by atoms with van der Waals surface area (Å²) in [6.07, 6.45) is 0.808. The molecule has 0 atom stereocenters. The number of sulfonamides is 1. The van der Waals surface area contributed by atoms with Crippen LogP contribution in [0.15, 0.2) is 47.4 Å². The number of aryl methyl sites for hydroxylation is 1. The van der Waals surface area contributed by atoms with Gasteiger partial charge in [-0.05, 0) is 36.2 Å². The summed E-state index contributed by atoms with van der Waals surface area (Å²) in [6, 6.07) is 11.2. The second-order valence-electron chi connectivity index (χ2n) is 6.54.